The molecule has 3 rings (SSSR count). The van der Waals surface area contributed by atoms with Crippen molar-refractivity contribution in [3.8, 4) is 0 Å². The van der Waals surface area contributed by atoms with Crippen molar-refractivity contribution in [1.82, 2.24) is 4.90 Å². The van der Waals surface area contributed by atoms with Gasteiger partial charge in [0.2, 0.25) is 0 Å². The minimum atomic E-state index is -2.91. The summed E-state index contributed by atoms with van der Waals surface area (Å²) in [7, 11) is 2.10. The summed E-state index contributed by atoms with van der Waals surface area (Å²) < 4.78 is 4.65. The average Bonchev–Trinajstić information content (AvgIpc) is 2.76. The molecule has 1 nitrogen and oxygen atoms in total. The molecule has 0 fully saturated rings. The summed E-state index contributed by atoms with van der Waals surface area (Å²) in [6.07, 6.45) is 0. The predicted molar refractivity (Wildman–Crippen MR) is 139 cm³/mol. The van der Waals surface area contributed by atoms with Crippen LogP contribution in [0.15, 0.2) is 91.0 Å². The predicted octanol–water partition coefficient (Wildman–Crippen LogP) is 6.64. The van der Waals surface area contributed by atoms with E-state index in [0.717, 1.165) is 17.4 Å². The fourth-order valence-electron chi connectivity index (χ4n) is 3.93. The minimum absolute atomic E-state index is 0.978. The Morgan fingerprint density at radius 1 is 0.667 bits per heavy atom. The third kappa shape index (κ3) is 6.86. The van der Waals surface area contributed by atoms with Crippen LogP contribution in [-0.4, -0.2) is 39.3 Å². The van der Waals surface area contributed by atoms with Gasteiger partial charge in [0.05, 0.1) is 0 Å². The Morgan fingerprint density at radius 3 is 1.30 bits per heavy atom. The van der Waals surface area contributed by atoms with Crippen LogP contribution in [0, 0.1) is 0 Å². The number of benzene rings is 3. The molecule has 0 aliphatic rings. The molecule has 3 aromatic rings. The maximum atomic E-state index is 6.01. The quantitative estimate of drug-likeness (QED) is 0.222. The van der Waals surface area contributed by atoms with E-state index in [9.17, 15) is 0 Å². The molecule has 0 aliphatic heterocycles. The summed E-state index contributed by atoms with van der Waals surface area (Å²) >= 11 is 3.10. The first kappa shape index (κ1) is 23.4. The third-order valence-electron chi connectivity index (χ3n) is 5.43. The van der Waals surface area contributed by atoms with E-state index < -0.39 is 17.0 Å². The van der Waals surface area contributed by atoms with Gasteiger partial charge in [0, 0.05) is 0 Å². The van der Waals surface area contributed by atoms with E-state index >= 15 is 0 Å². The van der Waals surface area contributed by atoms with E-state index in [0.29, 0.717) is 0 Å². The second-order valence-corrected chi connectivity index (χ2v) is 26.3. The van der Waals surface area contributed by atoms with E-state index in [4.69, 9.17) is 12.2 Å². The molecule has 0 saturated heterocycles. The standard InChI is InChI=1S/3C7H7.C5H11NS2.Sn/c3*1-7-5-3-2-4-6-7;1-3-6(4-2)5(7)8;/h3*2-6H,1H2;3-4H2,1-2H3,(H,7,8);/q;;;;+1/p-1. The van der Waals surface area contributed by atoms with E-state index in [1.165, 1.54) is 30.0 Å². The van der Waals surface area contributed by atoms with Crippen molar-refractivity contribution < 1.29 is 0 Å². The second kappa shape index (κ2) is 11.9. The van der Waals surface area contributed by atoms with Gasteiger partial charge in [-0.1, -0.05) is 0 Å². The number of nitrogens with zero attached hydrogens (tertiary/aromatic N) is 1. The van der Waals surface area contributed by atoms with Crippen molar-refractivity contribution >= 4 is 42.5 Å². The monoisotopic (exact) mass is 541 g/mol. The molecular weight excluding hydrogens is 509 g/mol. The van der Waals surface area contributed by atoms with Crippen molar-refractivity contribution in [1.29, 1.82) is 0 Å². The molecule has 0 bridgehead atoms. The van der Waals surface area contributed by atoms with Crippen LogP contribution in [0.1, 0.15) is 30.5 Å². The Labute approximate surface area is 194 Å². The van der Waals surface area contributed by atoms with Gasteiger partial charge in [-0.05, 0) is 0 Å². The average molecular weight is 540 g/mol. The van der Waals surface area contributed by atoms with Gasteiger partial charge in [-0.2, -0.15) is 0 Å². The zero-order chi connectivity index (χ0) is 21.2. The molecule has 3 aromatic carbocycles. The molecule has 0 saturated carbocycles. The van der Waals surface area contributed by atoms with Gasteiger partial charge in [0.15, 0.2) is 0 Å². The summed E-state index contributed by atoms with van der Waals surface area (Å²) in [4.78, 5) is 2.35. The molecule has 30 heavy (non-hydrogen) atoms. The normalized spacial score (nSPS) is 11.3. The van der Waals surface area contributed by atoms with Crippen LogP contribution in [0.4, 0.5) is 0 Å². The number of hydrogen-bond donors (Lipinski definition) is 0. The van der Waals surface area contributed by atoms with Crippen LogP contribution in [-0.2, 0) is 13.3 Å². The Morgan fingerprint density at radius 2 is 1.00 bits per heavy atom. The van der Waals surface area contributed by atoms with Gasteiger partial charge < -0.3 is 0 Å². The van der Waals surface area contributed by atoms with Crippen LogP contribution < -0.4 is 0 Å². The van der Waals surface area contributed by atoms with Gasteiger partial charge in [0.1, 0.15) is 0 Å². The summed E-state index contributed by atoms with van der Waals surface area (Å²) in [5.41, 5.74) is 4.36. The van der Waals surface area contributed by atoms with Gasteiger partial charge in [-0.3, -0.25) is 0 Å². The molecule has 0 spiro atoms. The Hall–Kier alpha value is -1.30. The first-order chi connectivity index (χ1) is 14.6. The molecule has 0 amide bonds. The van der Waals surface area contributed by atoms with Crippen LogP contribution in [0.25, 0.3) is 0 Å². The SMILES string of the molecule is CCN(CC)C(=S)[S][Sn]([CH2]c1ccccc1)([CH2]c1ccccc1)[CH2]c1ccccc1. The fourth-order valence-corrected chi connectivity index (χ4v) is 27.7. The number of hydrogen-bond acceptors (Lipinski definition) is 2. The van der Waals surface area contributed by atoms with E-state index in [2.05, 4.69) is 119 Å². The fraction of sp³-hybridized carbons (Fsp3) is 0.269. The number of thiocarbonyl (C=S) groups is 1. The summed E-state index contributed by atoms with van der Waals surface area (Å²) in [6, 6.07) is 33.1. The van der Waals surface area contributed by atoms with Crippen LogP contribution in [0.5, 0.6) is 0 Å². The van der Waals surface area contributed by atoms with Gasteiger partial charge >= 0.3 is 195 Å². The summed E-state index contributed by atoms with van der Waals surface area (Å²) in [5, 5.41) is 0. The van der Waals surface area contributed by atoms with Crippen molar-refractivity contribution in [3.05, 3.63) is 108 Å². The van der Waals surface area contributed by atoms with Gasteiger partial charge in [-0.15, -0.1) is 0 Å². The molecule has 0 aliphatic carbocycles. The second-order valence-electron chi connectivity index (χ2n) is 7.71. The Balaban J connectivity index is 2.01. The van der Waals surface area contributed by atoms with Crippen molar-refractivity contribution in [3.63, 3.8) is 0 Å². The topological polar surface area (TPSA) is 3.24 Å². The zero-order valence-corrected chi connectivity index (χ0v) is 22.4. The first-order valence-corrected chi connectivity index (χ1v) is 21.5. The Bertz CT molecular complexity index is 795. The molecule has 0 N–H and O–H groups in total. The van der Waals surface area contributed by atoms with Gasteiger partial charge in [-0.25, -0.2) is 0 Å². The molecular formula is C26H31NS2Sn. The van der Waals surface area contributed by atoms with E-state index in [-0.39, 0.29) is 0 Å². The molecule has 4 heteroatoms. The van der Waals surface area contributed by atoms with Crippen LogP contribution in [0.2, 0.25) is 0 Å². The number of rotatable bonds is 9. The van der Waals surface area contributed by atoms with Gasteiger partial charge in [0.25, 0.3) is 0 Å². The summed E-state index contributed by atoms with van der Waals surface area (Å²) in [5.74, 6) is 0. The maximum absolute atomic E-state index is 6.01. The van der Waals surface area contributed by atoms with Crippen molar-refractivity contribution in [2.75, 3.05) is 13.1 Å². The molecule has 0 radical (unpaired) electrons. The van der Waals surface area contributed by atoms with E-state index in [1.807, 2.05) is 0 Å². The molecule has 0 atom stereocenters. The zero-order valence-electron chi connectivity index (χ0n) is 18.0. The first-order valence-electron chi connectivity index (χ1n) is 10.7. The summed E-state index contributed by atoms with van der Waals surface area (Å²) in [6.45, 7) is 6.37. The van der Waals surface area contributed by atoms with E-state index in [1.54, 1.807) is 0 Å². The van der Waals surface area contributed by atoms with Crippen LogP contribution in [0.3, 0.4) is 0 Å². The molecule has 156 valence electrons. The Kier molecular flexibility index (Phi) is 9.28. The molecule has 0 heterocycles. The van der Waals surface area contributed by atoms with Crippen molar-refractivity contribution in [2.45, 2.75) is 27.2 Å². The van der Waals surface area contributed by atoms with Crippen LogP contribution >= 0.6 is 21.2 Å². The molecule has 0 aromatic heterocycles. The third-order valence-corrected chi connectivity index (χ3v) is 25.4. The molecule has 0 unspecified atom stereocenters. The van der Waals surface area contributed by atoms with Crippen molar-refractivity contribution in [2.24, 2.45) is 0 Å².